The van der Waals surface area contributed by atoms with Gasteiger partial charge in [0.1, 0.15) is 29.5 Å². The van der Waals surface area contributed by atoms with Crippen LogP contribution in [0, 0.1) is 22.7 Å². The first-order valence-corrected chi connectivity index (χ1v) is 9.30. The molecule has 0 radical (unpaired) electrons. The minimum Gasteiger partial charge on any atom is -0.468 e. The fourth-order valence-corrected chi connectivity index (χ4v) is 6.99. The predicted octanol–water partition coefficient (Wildman–Crippen LogP) is -0.0420. The zero-order valence-corrected chi connectivity index (χ0v) is 14.6. The Morgan fingerprint density at radius 3 is 2.78 bits per heavy atom. The highest BCUT2D eigenvalue weighted by molar-refractivity contribution is 5.98. The Labute approximate surface area is 154 Å². The Morgan fingerprint density at radius 2 is 2.04 bits per heavy atom. The third-order valence-corrected chi connectivity index (χ3v) is 8.15. The number of fused-ring (bicyclic) bond motifs is 5. The molecule has 2 bridgehead atoms. The highest BCUT2D eigenvalue weighted by Crippen LogP contribution is 2.73. The van der Waals surface area contributed by atoms with Crippen molar-refractivity contribution in [2.75, 3.05) is 6.61 Å². The Kier molecular flexibility index (Phi) is 2.68. The summed E-state index contributed by atoms with van der Waals surface area (Å²) in [6, 6.07) is 1.60. The number of ether oxygens (including phenoxy) is 2. The van der Waals surface area contributed by atoms with Gasteiger partial charge in [-0.15, -0.1) is 0 Å². The van der Waals surface area contributed by atoms with Crippen molar-refractivity contribution < 1.29 is 38.8 Å². The average molecular weight is 376 g/mol. The van der Waals surface area contributed by atoms with E-state index in [1.165, 1.54) is 13.2 Å². The molecule has 3 N–H and O–H groups in total. The molecule has 6 aliphatic rings. The molecule has 1 aromatic rings. The van der Waals surface area contributed by atoms with Crippen LogP contribution in [0.2, 0.25) is 0 Å². The molecular weight excluding hydrogens is 356 g/mol. The van der Waals surface area contributed by atoms with Gasteiger partial charge in [-0.3, -0.25) is 9.59 Å². The summed E-state index contributed by atoms with van der Waals surface area (Å²) >= 11 is 0. The molecule has 0 unspecified atom stereocenters. The van der Waals surface area contributed by atoms with Gasteiger partial charge in [0.2, 0.25) is 5.79 Å². The summed E-state index contributed by atoms with van der Waals surface area (Å²) in [6.45, 7) is 1.62. The van der Waals surface area contributed by atoms with Crippen LogP contribution in [0.3, 0.4) is 0 Å². The average Bonchev–Trinajstić information content (AvgIpc) is 3.21. The van der Waals surface area contributed by atoms with E-state index in [1.807, 2.05) is 0 Å². The quantitative estimate of drug-likeness (QED) is 0.539. The van der Waals surface area contributed by atoms with Crippen molar-refractivity contribution >= 4 is 11.8 Å². The van der Waals surface area contributed by atoms with E-state index >= 15 is 0 Å². The lowest BCUT2D eigenvalue weighted by Crippen LogP contribution is -2.78. The van der Waals surface area contributed by atoms with E-state index in [1.54, 1.807) is 6.07 Å². The summed E-state index contributed by atoms with van der Waals surface area (Å²) in [5.74, 6) is -3.91. The van der Waals surface area contributed by atoms with Gasteiger partial charge in [-0.25, -0.2) is 0 Å². The Hall–Kier alpha value is -1.74. The normalized spacial score (nSPS) is 55.0. The summed E-state index contributed by atoms with van der Waals surface area (Å²) in [5.41, 5.74) is -1.84. The topological polar surface area (TPSA) is 126 Å². The number of aliphatic hydroxyl groups is 3. The van der Waals surface area contributed by atoms with Crippen molar-refractivity contribution in [3.8, 4) is 0 Å². The molecule has 3 aliphatic heterocycles. The second kappa shape index (κ2) is 4.46. The molecule has 3 saturated heterocycles. The zero-order chi connectivity index (χ0) is 18.9. The second-order valence-corrected chi connectivity index (χ2v) is 8.94. The van der Waals surface area contributed by atoms with Gasteiger partial charge in [-0.1, -0.05) is 0 Å². The molecule has 0 aromatic carbocycles. The number of aliphatic hydroxyl groups excluding tert-OH is 2. The number of carbonyl (C=O) groups excluding carboxylic acids is 2. The van der Waals surface area contributed by atoms with Crippen LogP contribution in [-0.2, 0) is 14.3 Å². The highest BCUT2D eigenvalue weighted by atomic mass is 16.7. The molecule has 0 amide bonds. The first kappa shape index (κ1) is 16.2. The maximum absolute atomic E-state index is 12.8. The van der Waals surface area contributed by atoms with Crippen LogP contribution < -0.4 is 0 Å². The van der Waals surface area contributed by atoms with E-state index in [4.69, 9.17) is 13.9 Å². The van der Waals surface area contributed by atoms with Gasteiger partial charge in [0, 0.05) is 17.8 Å². The van der Waals surface area contributed by atoms with Gasteiger partial charge in [0.15, 0.2) is 5.78 Å². The van der Waals surface area contributed by atoms with E-state index in [0.717, 1.165) is 0 Å². The molecule has 5 fully saturated rings. The van der Waals surface area contributed by atoms with E-state index in [9.17, 15) is 24.9 Å². The molecule has 1 aromatic heterocycles. The fourth-order valence-electron chi connectivity index (χ4n) is 6.99. The highest BCUT2D eigenvalue weighted by Gasteiger charge is 2.83. The predicted molar refractivity (Wildman–Crippen MR) is 85.3 cm³/mol. The summed E-state index contributed by atoms with van der Waals surface area (Å²) in [5, 5.41) is 32.9. The Bertz CT molecular complexity index is 892. The van der Waals surface area contributed by atoms with Crippen LogP contribution in [0.15, 0.2) is 16.7 Å². The molecule has 9 atom stereocenters. The van der Waals surface area contributed by atoms with Crippen molar-refractivity contribution in [2.45, 2.75) is 49.8 Å². The van der Waals surface area contributed by atoms with Crippen LogP contribution in [0.5, 0.6) is 0 Å². The Morgan fingerprint density at radius 1 is 1.26 bits per heavy atom. The van der Waals surface area contributed by atoms with E-state index < -0.39 is 52.7 Å². The van der Waals surface area contributed by atoms with Crippen molar-refractivity contribution in [2.24, 2.45) is 22.7 Å². The monoisotopic (exact) mass is 376 g/mol. The van der Waals surface area contributed by atoms with Crippen molar-refractivity contribution in [3.63, 3.8) is 0 Å². The number of rotatable bonds is 0. The number of hydrogen-bond donors (Lipinski definition) is 3. The number of hydrogen-bond acceptors (Lipinski definition) is 8. The maximum atomic E-state index is 12.8. The van der Waals surface area contributed by atoms with Crippen LogP contribution in [0.1, 0.15) is 41.8 Å². The van der Waals surface area contributed by atoms with Gasteiger partial charge in [0.25, 0.3) is 0 Å². The largest absolute Gasteiger partial charge is 0.468 e. The molecular formula is C19H20O8. The number of furan rings is 1. The van der Waals surface area contributed by atoms with Crippen LogP contribution in [0.25, 0.3) is 0 Å². The van der Waals surface area contributed by atoms with Crippen molar-refractivity contribution in [1.29, 1.82) is 0 Å². The summed E-state index contributed by atoms with van der Waals surface area (Å²) in [7, 11) is 0. The van der Waals surface area contributed by atoms with Gasteiger partial charge < -0.3 is 29.2 Å². The first-order valence-electron chi connectivity index (χ1n) is 9.30. The standard InChI is InChI=1S/C19H20O8/c1-17-15-14(27-16(17)23)12(22)11-8(4-9(20)7-2-3-25-13(7)11)18(15)5-10(21)19(17,24)26-6-18/h2-3,8,10-12,14-15,21-22,24H,4-6H2,1H3/t8-,10-,11-,12-,14+,15-,17-,18-,19-/m0/s1. The summed E-state index contributed by atoms with van der Waals surface area (Å²) < 4.78 is 16.9. The van der Waals surface area contributed by atoms with Gasteiger partial charge >= 0.3 is 5.97 Å². The third kappa shape index (κ3) is 1.44. The number of esters is 1. The fraction of sp³-hybridized carbons (Fsp3) is 0.684. The van der Waals surface area contributed by atoms with Crippen molar-refractivity contribution in [1.82, 2.24) is 0 Å². The van der Waals surface area contributed by atoms with Gasteiger partial charge in [-0.05, 0) is 25.3 Å². The lowest BCUT2D eigenvalue weighted by Gasteiger charge is -2.68. The van der Waals surface area contributed by atoms with Gasteiger partial charge in [0.05, 0.1) is 24.4 Å². The molecule has 4 heterocycles. The van der Waals surface area contributed by atoms with Crippen LogP contribution in [0.4, 0.5) is 0 Å². The smallest absolute Gasteiger partial charge is 0.318 e. The molecule has 3 aliphatic carbocycles. The van der Waals surface area contributed by atoms with E-state index in [0.29, 0.717) is 11.3 Å². The molecule has 7 rings (SSSR count). The first-order chi connectivity index (χ1) is 12.8. The lowest BCUT2D eigenvalue weighted by molar-refractivity contribution is -0.410. The second-order valence-electron chi connectivity index (χ2n) is 8.94. The number of Topliss-reactive ketones (excluding diaryl/α,β-unsaturated/α-hetero) is 1. The minimum absolute atomic E-state index is 0.0885. The van der Waals surface area contributed by atoms with E-state index in [-0.39, 0.29) is 31.1 Å². The minimum atomic E-state index is -2.06. The van der Waals surface area contributed by atoms with Crippen molar-refractivity contribution in [3.05, 3.63) is 23.7 Å². The van der Waals surface area contributed by atoms with Crippen LogP contribution in [-0.4, -0.2) is 57.8 Å². The molecule has 1 spiro atoms. The van der Waals surface area contributed by atoms with Gasteiger partial charge in [-0.2, -0.15) is 0 Å². The molecule has 2 saturated carbocycles. The molecule has 8 nitrogen and oxygen atoms in total. The van der Waals surface area contributed by atoms with E-state index in [2.05, 4.69) is 0 Å². The molecule has 144 valence electrons. The zero-order valence-electron chi connectivity index (χ0n) is 14.6. The summed E-state index contributed by atoms with van der Waals surface area (Å²) in [6.07, 6.45) is -1.43. The maximum Gasteiger partial charge on any atom is 0.318 e. The summed E-state index contributed by atoms with van der Waals surface area (Å²) in [4.78, 5) is 25.6. The third-order valence-electron chi connectivity index (χ3n) is 8.15. The number of ketones is 1. The van der Waals surface area contributed by atoms with Crippen LogP contribution >= 0.6 is 0 Å². The lowest BCUT2D eigenvalue weighted by atomic mass is 9.40. The molecule has 8 heteroatoms. The molecule has 27 heavy (non-hydrogen) atoms. The Balaban J connectivity index is 1.61. The SMILES string of the molecule is C[C@]12C(=O)O[C@@H]3[C@@H](O)[C@H]4c5occc5C(=O)C[C@@H]4[C@]4(CO[C@@]1(O)[C@@H](O)C4)[C@@H]32. The number of carbonyl (C=O) groups is 2.